The maximum atomic E-state index is 12.4. The van der Waals surface area contributed by atoms with Crippen molar-refractivity contribution in [3.63, 3.8) is 0 Å². The average molecular weight is 276 g/mol. The van der Waals surface area contributed by atoms with Crippen LogP contribution in [0.15, 0.2) is 18.2 Å². The minimum Gasteiger partial charge on any atom is -0.496 e. The molecule has 2 rings (SSSR count). The molecule has 110 valence electrons. The fourth-order valence-electron chi connectivity index (χ4n) is 2.74. The number of piperidine rings is 1. The fraction of sp³-hybridized carbons (Fsp3) is 0.562. The van der Waals surface area contributed by atoms with Crippen LogP contribution in [0.4, 0.5) is 0 Å². The number of hydrogen-bond donors (Lipinski definition) is 1. The molecule has 0 unspecified atom stereocenters. The molecule has 1 aromatic carbocycles. The summed E-state index contributed by atoms with van der Waals surface area (Å²) in [6.07, 6.45) is 2.07. The molecular weight excluding hydrogens is 252 g/mol. The molecule has 0 aliphatic carbocycles. The highest BCUT2D eigenvalue weighted by Crippen LogP contribution is 2.22. The number of carbonyl (C=O) groups is 1. The van der Waals surface area contributed by atoms with Crippen LogP contribution >= 0.6 is 0 Å². The van der Waals surface area contributed by atoms with Gasteiger partial charge in [-0.05, 0) is 32.4 Å². The lowest BCUT2D eigenvalue weighted by molar-refractivity contribution is -0.135. The Labute approximate surface area is 121 Å². The van der Waals surface area contributed by atoms with Crippen LogP contribution < -0.4 is 10.1 Å². The van der Waals surface area contributed by atoms with E-state index in [0.29, 0.717) is 6.54 Å². The number of rotatable bonds is 4. The Balaban J connectivity index is 2.04. The minimum absolute atomic E-state index is 0.115. The van der Waals surface area contributed by atoms with E-state index >= 15 is 0 Å². The number of aryl methyl sites for hydroxylation is 1. The summed E-state index contributed by atoms with van der Waals surface area (Å²) in [6, 6.07) is 6.07. The van der Waals surface area contributed by atoms with Gasteiger partial charge in [0.25, 0.3) is 0 Å². The molecule has 1 fully saturated rings. The van der Waals surface area contributed by atoms with Crippen LogP contribution in [-0.4, -0.2) is 38.1 Å². The Kier molecular flexibility index (Phi) is 5.01. The highest BCUT2D eigenvalue weighted by atomic mass is 16.5. The maximum absolute atomic E-state index is 12.4. The monoisotopic (exact) mass is 276 g/mol. The summed E-state index contributed by atoms with van der Waals surface area (Å²) in [7, 11) is 3.54. The highest BCUT2D eigenvalue weighted by Gasteiger charge is 2.24. The molecule has 1 aliphatic rings. The Bertz CT molecular complexity index is 468. The van der Waals surface area contributed by atoms with E-state index in [4.69, 9.17) is 4.74 Å². The van der Waals surface area contributed by atoms with E-state index in [9.17, 15) is 4.79 Å². The normalized spacial score (nSPS) is 18.6. The summed E-state index contributed by atoms with van der Waals surface area (Å²) < 4.78 is 5.38. The van der Waals surface area contributed by atoms with Crippen molar-refractivity contribution >= 4 is 5.91 Å². The SMILES string of the molecule is COc1ccc(C)cc1CN(C)C(=O)[C@@H]1CCCNC1. The Morgan fingerprint density at radius 3 is 2.95 bits per heavy atom. The van der Waals surface area contributed by atoms with Gasteiger partial charge in [-0.3, -0.25) is 4.79 Å². The van der Waals surface area contributed by atoms with Crippen molar-refractivity contribution in [3.8, 4) is 5.75 Å². The Morgan fingerprint density at radius 1 is 1.50 bits per heavy atom. The van der Waals surface area contributed by atoms with Crippen molar-refractivity contribution < 1.29 is 9.53 Å². The van der Waals surface area contributed by atoms with Crippen molar-refractivity contribution in [3.05, 3.63) is 29.3 Å². The molecule has 1 aliphatic heterocycles. The first-order chi connectivity index (χ1) is 9.61. The van der Waals surface area contributed by atoms with E-state index in [-0.39, 0.29) is 11.8 Å². The van der Waals surface area contributed by atoms with E-state index < -0.39 is 0 Å². The first-order valence-electron chi connectivity index (χ1n) is 7.21. The molecule has 4 heteroatoms. The zero-order valence-electron chi connectivity index (χ0n) is 12.6. The van der Waals surface area contributed by atoms with Gasteiger partial charge in [0, 0.05) is 25.7 Å². The Hall–Kier alpha value is -1.55. The molecule has 20 heavy (non-hydrogen) atoms. The predicted octanol–water partition coefficient (Wildman–Crippen LogP) is 1.96. The van der Waals surface area contributed by atoms with Gasteiger partial charge in [0.15, 0.2) is 0 Å². The predicted molar refractivity (Wildman–Crippen MR) is 79.8 cm³/mol. The number of methoxy groups -OCH3 is 1. The standard InChI is InChI=1S/C16H24N2O2/c1-12-6-7-15(20-3)14(9-12)11-18(2)16(19)13-5-4-8-17-10-13/h6-7,9,13,17H,4-5,8,10-11H2,1-3H3/t13-/m1/s1. The fourth-order valence-corrected chi connectivity index (χ4v) is 2.74. The van der Waals surface area contributed by atoms with Crippen LogP contribution in [0.5, 0.6) is 5.75 Å². The molecule has 4 nitrogen and oxygen atoms in total. The van der Waals surface area contributed by atoms with Crippen LogP contribution in [-0.2, 0) is 11.3 Å². The summed E-state index contributed by atoms with van der Waals surface area (Å²) >= 11 is 0. The van der Waals surface area contributed by atoms with E-state index in [0.717, 1.165) is 37.2 Å². The molecule has 1 heterocycles. The van der Waals surface area contributed by atoms with Gasteiger partial charge in [-0.2, -0.15) is 0 Å². The molecule has 0 saturated carbocycles. The lowest BCUT2D eigenvalue weighted by atomic mass is 9.98. The van der Waals surface area contributed by atoms with Crippen LogP contribution in [0.2, 0.25) is 0 Å². The summed E-state index contributed by atoms with van der Waals surface area (Å²) in [5.41, 5.74) is 2.24. The van der Waals surface area contributed by atoms with Gasteiger partial charge in [-0.15, -0.1) is 0 Å². The summed E-state index contributed by atoms with van der Waals surface area (Å²) in [5.74, 6) is 1.18. The number of hydrogen-bond acceptors (Lipinski definition) is 3. The number of nitrogens with one attached hydrogen (secondary N) is 1. The van der Waals surface area contributed by atoms with E-state index in [1.165, 1.54) is 5.56 Å². The second-order valence-corrected chi connectivity index (χ2v) is 5.55. The molecule has 0 bridgehead atoms. The van der Waals surface area contributed by atoms with E-state index in [1.54, 1.807) is 7.11 Å². The molecule has 0 spiro atoms. The van der Waals surface area contributed by atoms with Gasteiger partial charge >= 0.3 is 0 Å². The smallest absolute Gasteiger partial charge is 0.227 e. The van der Waals surface area contributed by atoms with Gasteiger partial charge in [-0.1, -0.05) is 17.7 Å². The van der Waals surface area contributed by atoms with Crippen molar-refractivity contribution in [1.29, 1.82) is 0 Å². The number of amides is 1. The zero-order valence-corrected chi connectivity index (χ0v) is 12.6. The molecule has 1 aromatic rings. The molecule has 1 saturated heterocycles. The second kappa shape index (κ2) is 6.75. The quantitative estimate of drug-likeness (QED) is 0.914. The van der Waals surface area contributed by atoms with Gasteiger partial charge in [0.2, 0.25) is 5.91 Å². The minimum atomic E-state index is 0.115. The number of carbonyl (C=O) groups excluding carboxylic acids is 1. The van der Waals surface area contributed by atoms with Crippen LogP contribution in [0.3, 0.4) is 0 Å². The van der Waals surface area contributed by atoms with Crippen molar-refractivity contribution in [1.82, 2.24) is 10.2 Å². The largest absolute Gasteiger partial charge is 0.496 e. The average Bonchev–Trinajstić information content (AvgIpc) is 2.47. The van der Waals surface area contributed by atoms with Crippen molar-refractivity contribution in [2.24, 2.45) is 5.92 Å². The van der Waals surface area contributed by atoms with Crippen LogP contribution in [0.1, 0.15) is 24.0 Å². The van der Waals surface area contributed by atoms with Crippen molar-refractivity contribution in [2.45, 2.75) is 26.3 Å². The molecule has 0 aromatic heterocycles. The highest BCUT2D eigenvalue weighted by molar-refractivity contribution is 5.79. The lowest BCUT2D eigenvalue weighted by Gasteiger charge is -2.27. The van der Waals surface area contributed by atoms with Crippen LogP contribution in [0.25, 0.3) is 0 Å². The summed E-state index contributed by atoms with van der Waals surface area (Å²) in [6.45, 7) is 4.48. The Morgan fingerprint density at radius 2 is 2.30 bits per heavy atom. The first-order valence-corrected chi connectivity index (χ1v) is 7.21. The van der Waals surface area contributed by atoms with Gasteiger partial charge < -0.3 is 15.0 Å². The number of nitrogens with zero attached hydrogens (tertiary/aromatic N) is 1. The third-order valence-corrected chi connectivity index (χ3v) is 3.87. The summed E-state index contributed by atoms with van der Waals surface area (Å²) in [4.78, 5) is 14.2. The number of benzene rings is 1. The molecule has 1 N–H and O–H groups in total. The maximum Gasteiger partial charge on any atom is 0.227 e. The third-order valence-electron chi connectivity index (χ3n) is 3.87. The molecule has 1 atom stereocenters. The molecule has 1 amide bonds. The molecular formula is C16H24N2O2. The summed E-state index contributed by atoms with van der Waals surface area (Å²) in [5, 5.41) is 3.29. The van der Waals surface area contributed by atoms with Crippen molar-refractivity contribution in [2.75, 3.05) is 27.2 Å². The lowest BCUT2D eigenvalue weighted by Crippen LogP contribution is -2.41. The van der Waals surface area contributed by atoms with Gasteiger partial charge in [-0.25, -0.2) is 0 Å². The van der Waals surface area contributed by atoms with E-state index in [1.807, 2.05) is 24.1 Å². The topological polar surface area (TPSA) is 41.6 Å². The molecule has 0 radical (unpaired) electrons. The van der Waals surface area contributed by atoms with Gasteiger partial charge in [0.05, 0.1) is 13.0 Å². The zero-order chi connectivity index (χ0) is 14.5. The van der Waals surface area contributed by atoms with E-state index in [2.05, 4.69) is 18.3 Å². The third kappa shape index (κ3) is 3.51. The number of ether oxygens (including phenoxy) is 1. The van der Waals surface area contributed by atoms with Crippen LogP contribution in [0, 0.1) is 12.8 Å². The first kappa shape index (κ1) is 14.9. The van der Waals surface area contributed by atoms with Gasteiger partial charge in [0.1, 0.15) is 5.75 Å². The second-order valence-electron chi connectivity index (χ2n) is 5.55.